The first-order chi connectivity index (χ1) is 22.5. The molecule has 0 radical (unpaired) electrons. The van der Waals surface area contributed by atoms with Crippen LogP contribution in [0.4, 0.5) is 0 Å². The Morgan fingerprint density at radius 3 is 1.85 bits per heavy atom. The van der Waals surface area contributed by atoms with Crippen LogP contribution in [-0.2, 0) is 12.5 Å². The van der Waals surface area contributed by atoms with E-state index >= 15 is 0 Å². The molecule has 1 aliphatic rings. The lowest BCUT2D eigenvalue weighted by Gasteiger charge is -2.22. The predicted octanol–water partition coefficient (Wildman–Crippen LogP) is 11.6. The first kappa shape index (κ1) is 25.7. The van der Waals surface area contributed by atoms with E-state index in [1.165, 1.54) is 93.5 Å². The first-order valence-corrected chi connectivity index (χ1v) is 16.2. The van der Waals surface area contributed by atoms with Crippen molar-refractivity contribution in [1.82, 2.24) is 9.13 Å². The molecule has 1 aliphatic carbocycles. The lowest BCUT2D eigenvalue weighted by molar-refractivity contribution is 0.660. The van der Waals surface area contributed by atoms with Gasteiger partial charge in [-0.25, -0.2) is 0 Å². The van der Waals surface area contributed by atoms with Crippen molar-refractivity contribution < 1.29 is 0 Å². The molecule has 218 valence electrons. The molecule has 0 fully saturated rings. The zero-order valence-corrected chi connectivity index (χ0v) is 26.2. The molecule has 10 rings (SSSR count). The number of aryl methyl sites for hydroxylation is 1. The molecular weight excluding hydrogens is 556 g/mol. The monoisotopic (exact) mass is 588 g/mol. The number of hydrogen-bond acceptors (Lipinski definition) is 0. The molecule has 2 heteroatoms. The lowest BCUT2D eigenvalue weighted by Crippen LogP contribution is -2.15. The van der Waals surface area contributed by atoms with Crippen LogP contribution in [0.15, 0.2) is 140 Å². The van der Waals surface area contributed by atoms with Crippen LogP contribution >= 0.6 is 0 Å². The molecule has 9 aromatic rings. The Morgan fingerprint density at radius 1 is 0.435 bits per heavy atom. The maximum atomic E-state index is 2.48. The average Bonchev–Trinajstić information content (AvgIpc) is 3.66. The minimum atomic E-state index is -0.126. The molecule has 0 N–H and O–H groups in total. The van der Waals surface area contributed by atoms with E-state index in [0.717, 1.165) is 0 Å². The Bertz CT molecular complexity index is 2670. The van der Waals surface area contributed by atoms with E-state index in [4.69, 9.17) is 0 Å². The molecule has 2 nitrogen and oxygen atoms in total. The van der Waals surface area contributed by atoms with Gasteiger partial charge in [0.2, 0.25) is 0 Å². The van der Waals surface area contributed by atoms with Crippen LogP contribution in [-0.4, -0.2) is 9.13 Å². The Morgan fingerprint density at radius 2 is 1.07 bits per heavy atom. The maximum absolute atomic E-state index is 2.48. The molecule has 0 saturated heterocycles. The molecule has 2 heterocycles. The largest absolute Gasteiger partial charge is 0.344 e. The van der Waals surface area contributed by atoms with Crippen LogP contribution in [0.5, 0.6) is 0 Å². The molecule has 46 heavy (non-hydrogen) atoms. The van der Waals surface area contributed by atoms with Gasteiger partial charge in [0.05, 0.1) is 11.0 Å². The Hall–Kier alpha value is -5.60. The van der Waals surface area contributed by atoms with E-state index in [2.05, 4.69) is 170 Å². The van der Waals surface area contributed by atoms with E-state index in [-0.39, 0.29) is 5.41 Å². The molecular formula is C44H32N2. The summed E-state index contributed by atoms with van der Waals surface area (Å²) in [7, 11) is 2.22. The van der Waals surface area contributed by atoms with Gasteiger partial charge in [-0.05, 0) is 86.6 Å². The number of para-hydroxylation sites is 2. The second kappa shape index (κ2) is 8.99. The van der Waals surface area contributed by atoms with Gasteiger partial charge in [-0.15, -0.1) is 0 Å². The summed E-state index contributed by atoms with van der Waals surface area (Å²) < 4.78 is 4.82. The van der Waals surface area contributed by atoms with Crippen molar-refractivity contribution in [3.8, 4) is 27.9 Å². The van der Waals surface area contributed by atoms with Crippen LogP contribution in [0.3, 0.4) is 0 Å². The highest BCUT2D eigenvalue weighted by Gasteiger charge is 2.36. The molecule has 0 bridgehead atoms. The fraction of sp³-hybridized carbons (Fsp3) is 0.0909. The number of nitrogens with zero attached hydrogens (tertiary/aromatic N) is 2. The number of fused-ring (bicyclic) bond motifs is 10. The van der Waals surface area contributed by atoms with Gasteiger partial charge in [-0.2, -0.15) is 0 Å². The van der Waals surface area contributed by atoms with E-state index in [1.807, 2.05) is 0 Å². The Balaban J connectivity index is 1.16. The molecule has 0 atom stereocenters. The summed E-state index contributed by atoms with van der Waals surface area (Å²) >= 11 is 0. The van der Waals surface area contributed by atoms with Crippen LogP contribution in [0.1, 0.15) is 25.0 Å². The van der Waals surface area contributed by atoms with Gasteiger partial charge in [-0.1, -0.05) is 111 Å². The van der Waals surface area contributed by atoms with Crippen LogP contribution in [0.25, 0.3) is 82.3 Å². The van der Waals surface area contributed by atoms with Gasteiger partial charge in [0.1, 0.15) is 0 Å². The third-order valence-corrected chi connectivity index (χ3v) is 10.7. The summed E-state index contributed by atoms with van der Waals surface area (Å²) in [5, 5.41) is 7.79. The molecule has 0 amide bonds. The highest BCUT2D eigenvalue weighted by Crippen LogP contribution is 2.51. The molecule has 7 aromatic carbocycles. The highest BCUT2D eigenvalue weighted by molar-refractivity contribution is 6.12. The summed E-state index contributed by atoms with van der Waals surface area (Å²) in [6.07, 6.45) is 0. The van der Waals surface area contributed by atoms with Gasteiger partial charge in [0, 0.05) is 50.7 Å². The fourth-order valence-corrected chi connectivity index (χ4v) is 8.40. The van der Waals surface area contributed by atoms with Crippen LogP contribution in [0, 0.1) is 0 Å². The van der Waals surface area contributed by atoms with Crippen molar-refractivity contribution in [2.75, 3.05) is 0 Å². The van der Waals surface area contributed by atoms with Crippen molar-refractivity contribution in [3.63, 3.8) is 0 Å². The van der Waals surface area contributed by atoms with E-state index in [1.54, 1.807) is 0 Å². The van der Waals surface area contributed by atoms with Crippen LogP contribution in [0.2, 0.25) is 0 Å². The van der Waals surface area contributed by atoms with Crippen molar-refractivity contribution in [1.29, 1.82) is 0 Å². The number of hydrogen-bond donors (Lipinski definition) is 0. The summed E-state index contributed by atoms with van der Waals surface area (Å²) in [5.41, 5.74) is 14.1. The zero-order chi connectivity index (χ0) is 30.7. The second-order valence-electron chi connectivity index (χ2n) is 13.5. The first-order valence-electron chi connectivity index (χ1n) is 16.2. The molecule has 0 unspecified atom stereocenters. The third-order valence-electron chi connectivity index (χ3n) is 10.7. The highest BCUT2D eigenvalue weighted by atomic mass is 15.0. The van der Waals surface area contributed by atoms with Crippen LogP contribution < -0.4 is 0 Å². The smallest absolute Gasteiger partial charge is 0.0541 e. The second-order valence-corrected chi connectivity index (χ2v) is 13.5. The molecule has 0 saturated carbocycles. The van der Waals surface area contributed by atoms with Crippen molar-refractivity contribution >= 4 is 54.4 Å². The predicted molar refractivity (Wildman–Crippen MR) is 195 cm³/mol. The van der Waals surface area contributed by atoms with Crippen molar-refractivity contribution in [3.05, 3.63) is 151 Å². The van der Waals surface area contributed by atoms with E-state index < -0.39 is 0 Å². The molecule has 0 spiro atoms. The Labute approximate surface area is 267 Å². The van der Waals surface area contributed by atoms with E-state index in [0.29, 0.717) is 0 Å². The van der Waals surface area contributed by atoms with Gasteiger partial charge >= 0.3 is 0 Å². The lowest BCUT2D eigenvalue weighted by atomic mass is 9.82. The topological polar surface area (TPSA) is 9.86 Å². The quantitative estimate of drug-likeness (QED) is 0.190. The minimum Gasteiger partial charge on any atom is -0.344 e. The number of benzene rings is 7. The number of rotatable bonds is 2. The van der Waals surface area contributed by atoms with Gasteiger partial charge in [0.15, 0.2) is 0 Å². The summed E-state index contributed by atoms with van der Waals surface area (Å²) in [5.74, 6) is 0. The third kappa shape index (κ3) is 3.31. The minimum absolute atomic E-state index is 0.126. The van der Waals surface area contributed by atoms with Gasteiger partial charge in [0.25, 0.3) is 0 Å². The summed E-state index contributed by atoms with van der Waals surface area (Å²) in [4.78, 5) is 0. The summed E-state index contributed by atoms with van der Waals surface area (Å²) in [6, 6.07) is 51.8. The Kier molecular flexibility index (Phi) is 5.02. The van der Waals surface area contributed by atoms with Crippen molar-refractivity contribution in [2.24, 2.45) is 7.05 Å². The normalized spacial score (nSPS) is 13.7. The van der Waals surface area contributed by atoms with E-state index in [9.17, 15) is 0 Å². The molecule has 2 aromatic heterocycles. The van der Waals surface area contributed by atoms with Crippen molar-refractivity contribution in [2.45, 2.75) is 19.3 Å². The van der Waals surface area contributed by atoms with Gasteiger partial charge in [-0.3, -0.25) is 0 Å². The fourth-order valence-electron chi connectivity index (χ4n) is 8.40. The standard InChI is InChI=1S/C44H32N2/c1-44(2)38-24-29(46-40-17-8-6-14-33(40)34-15-7-9-18-41(34)46)20-22-32(38)36-26-43-37(25-39(36)44)35-21-19-28(23-42(35)45(43)3)31-16-10-12-27-11-4-5-13-30(27)31/h4-26H,1-3H3. The SMILES string of the molecule is Cn1c2cc(-c3cccc4ccccc34)ccc2c2cc3c(cc21)-c1ccc(-n2c4ccccc4c4ccccc42)cc1C3(C)C. The number of aromatic nitrogens is 2. The average molecular weight is 589 g/mol. The maximum Gasteiger partial charge on any atom is 0.0541 e. The zero-order valence-electron chi connectivity index (χ0n) is 26.2. The van der Waals surface area contributed by atoms with Gasteiger partial charge < -0.3 is 9.13 Å². The molecule has 0 aliphatic heterocycles. The summed E-state index contributed by atoms with van der Waals surface area (Å²) in [6.45, 7) is 4.78.